The molecule has 0 aliphatic heterocycles. The van der Waals surface area contributed by atoms with Crippen molar-refractivity contribution >= 4 is 43.5 Å². The Morgan fingerprint density at radius 2 is 1.79 bits per heavy atom. The molecule has 4 heteroatoms. The second-order valence-corrected chi connectivity index (χ2v) is 6.52. The number of hydrogen-bond donors (Lipinski definition) is 1. The van der Waals surface area contributed by atoms with Gasteiger partial charge in [0.2, 0.25) is 0 Å². The van der Waals surface area contributed by atoms with Crippen molar-refractivity contribution in [2.24, 2.45) is 0 Å². The molecule has 0 bridgehead atoms. The molecule has 0 saturated carbocycles. The molecule has 2 aromatic carbocycles. The lowest BCUT2D eigenvalue weighted by atomic mass is 9.99. The van der Waals surface area contributed by atoms with Gasteiger partial charge in [0, 0.05) is 15.0 Å². The second-order valence-electron chi connectivity index (χ2n) is 4.35. The van der Waals surface area contributed by atoms with Gasteiger partial charge in [-0.05, 0) is 64.8 Å². The Kier molecular flexibility index (Phi) is 5.46. The molecule has 2 aromatic rings. The quantitative estimate of drug-likeness (QED) is 0.724. The van der Waals surface area contributed by atoms with Crippen LogP contribution in [0, 0.1) is 0 Å². The Labute approximate surface area is 135 Å². The Bertz CT molecular complexity index is 555. The first-order valence-electron chi connectivity index (χ1n) is 5.97. The summed E-state index contributed by atoms with van der Waals surface area (Å²) >= 11 is 13.0. The fourth-order valence-electron chi connectivity index (χ4n) is 1.97. The van der Waals surface area contributed by atoms with Crippen molar-refractivity contribution < 1.29 is 0 Å². The van der Waals surface area contributed by atoms with Crippen LogP contribution in [0.4, 0.5) is 0 Å². The first-order valence-corrected chi connectivity index (χ1v) is 7.93. The maximum Gasteiger partial charge on any atom is 0.0551 e. The van der Waals surface area contributed by atoms with Gasteiger partial charge in [0.25, 0.3) is 0 Å². The molecule has 0 heterocycles. The molecule has 1 N–H and O–H groups in total. The summed E-state index contributed by atoms with van der Waals surface area (Å²) in [7, 11) is 1.97. The summed E-state index contributed by atoms with van der Waals surface area (Å²) in [5, 5.41) is 4.09. The van der Waals surface area contributed by atoms with Crippen LogP contribution >= 0.6 is 43.5 Å². The molecule has 0 saturated heterocycles. The third kappa shape index (κ3) is 4.06. The summed E-state index contributed by atoms with van der Waals surface area (Å²) in [6.45, 7) is 0. The van der Waals surface area contributed by atoms with E-state index >= 15 is 0 Å². The van der Waals surface area contributed by atoms with Crippen molar-refractivity contribution in [2.45, 2.75) is 12.5 Å². The summed E-state index contributed by atoms with van der Waals surface area (Å²) in [5.74, 6) is 0. The van der Waals surface area contributed by atoms with Gasteiger partial charge in [-0.1, -0.05) is 45.7 Å². The first-order chi connectivity index (χ1) is 9.10. The molecule has 0 aliphatic rings. The largest absolute Gasteiger partial charge is 0.313 e. The number of nitrogens with one attached hydrogen (secondary N) is 1. The highest BCUT2D eigenvalue weighted by molar-refractivity contribution is 9.10. The zero-order valence-corrected chi connectivity index (χ0v) is 14.4. The van der Waals surface area contributed by atoms with Gasteiger partial charge in [-0.2, -0.15) is 0 Å². The van der Waals surface area contributed by atoms with Gasteiger partial charge in [0.05, 0.1) is 5.02 Å². The van der Waals surface area contributed by atoms with Gasteiger partial charge in [0.1, 0.15) is 0 Å². The predicted octanol–water partition coefficient (Wildman–Crippen LogP) is 5.37. The van der Waals surface area contributed by atoms with Crippen LogP contribution < -0.4 is 5.32 Å². The van der Waals surface area contributed by atoms with E-state index in [-0.39, 0.29) is 6.04 Å². The van der Waals surface area contributed by atoms with Crippen LogP contribution in [0.15, 0.2) is 51.4 Å². The average molecular weight is 404 g/mol. The third-order valence-electron chi connectivity index (χ3n) is 3.05. The van der Waals surface area contributed by atoms with Gasteiger partial charge in [-0.3, -0.25) is 0 Å². The molecular formula is C15H14Br2ClN. The second kappa shape index (κ2) is 6.89. The minimum absolute atomic E-state index is 0.256. The molecule has 2 rings (SSSR count). The Morgan fingerprint density at radius 1 is 1.11 bits per heavy atom. The highest BCUT2D eigenvalue weighted by Crippen LogP contribution is 2.27. The third-order valence-corrected chi connectivity index (χ3v) is 4.81. The Balaban J connectivity index is 2.19. The van der Waals surface area contributed by atoms with Gasteiger partial charge >= 0.3 is 0 Å². The van der Waals surface area contributed by atoms with Crippen LogP contribution in [0.25, 0.3) is 0 Å². The smallest absolute Gasteiger partial charge is 0.0551 e. The van der Waals surface area contributed by atoms with Crippen molar-refractivity contribution in [1.82, 2.24) is 5.32 Å². The van der Waals surface area contributed by atoms with Crippen LogP contribution in [0.5, 0.6) is 0 Å². The van der Waals surface area contributed by atoms with Gasteiger partial charge < -0.3 is 5.32 Å². The maximum absolute atomic E-state index is 6.16. The van der Waals surface area contributed by atoms with Gasteiger partial charge in [-0.25, -0.2) is 0 Å². The van der Waals surface area contributed by atoms with Crippen LogP contribution in [0.1, 0.15) is 17.2 Å². The molecule has 100 valence electrons. The summed E-state index contributed by atoms with van der Waals surface area (Å²) in [4.78, 5) is 0. The van der Waals surface area contributed by atoms with E-state index in [1.165, 1.54) is 11.1 Å². The fraction of sp³-hybridized carbons (Fsp3) is 0.200. The lowest BCUT2D eigenvalue weighted by molar-refractivity contribution is 0.592. The predicted molar refractivity (Wildman–Crippen MR) is 88.8 cm³/mol. The Hall–Kier alpha value is -0.350. The molecule has 0 spiro atoms. The van der Waals surface area contributed by atoms with Crippen LogP contribution in [0.2, 0.25) is 5.02 Å². The van der Waals surface area contributed by atoms with Crippen LogP contribution in [-0.2, 0) is 6.42 Å². The molecule has 0 radical (unpaired) electrons. The topological polar surface area (TPSA) is 12.0 Å². The lowest BCUT2D eigenvalue weighted by Gasteiger charge is -2.17. The minimum atomic E-state index is 0.256. The molecule has 1 unspecified atom stereocenters. The standard InChI is InChI=1S/C15H14Br2ClN/c1-19-15(8-10-2-5-12(16)6-3-10)11-4-7-13(17)14(18)9-11/h2-7,9,15,19H,8H2,1H3. The van der Waals surface area contributed by atoms with E-state index < -0.39 is 0 Å². The lowest BCUT2D eigenvalue weighted by Crippen LogP contribution is -2.18. The average Bonchev–Trinajstić information content (AvgIpc) is 2.41. The van der Waals surface area contributed by atoms with E-state index in [0.29, 0.717) is 0 Å². The SMILES string of the molecule is CNC(Cc1ccc(Br)cc1)c1ccc(Br)c(Cl)c1. The van der Waals surface area contributed by atoms with Crippen molar-refractivity contribution in [3.63, 3.8) is 0 Å². The molecule has 19 heavy (non-hydrogen) atoms. The minimum Gasteiger partial charge on any atom is -0.313 e. The summed E-state index contributed by atoms with van der Waals surface area (Å²) in [5.41, 5.74) is 2.49. The molecule has 0 fully saturated rings. The highest BCUT2D eigenvalue weighted by atomic mass is 79.9. The van der Waals surface area contributed by atoms with E-state index in [1.54, 1.807) is 0 Å². The summed E-state index contributed by atoms with van der Waals surface area (Å²) < 4.78 is 2.03. The van der Waals surface area contributed by atoms with E-state index in [9.17, 15) is 0 Å². The monoisotopic (exact) mass is 401 g/mol. The fourth-order valence-corrected chi connectivity index (χ4v) is 2.67. The normalized spacial score (nSPS) is 12.4. The molecule has 0 aliphatic carbocycles. The zero-order valence-electron chi connectivity index (χ0n) is 10.5. The molecular weight excluding hydrogens is 389 g/mol. The van der Waals surface area contributed by atoms with E-state index in [1.807, 2.05) is 19.2 Å². The van der Waals surface area contributed by atoms with E-state index in [2.05, 4.69) is 67.5 Å². The summed E-state index contributed by atoms with van der Waals surface area (Å²) in [6.07, 6.45) is 0.932. The Morgan fingerprint density at radius 3 is 2.37 bits per heavy atom. The molecule has 1 nitrogen and oxygen atoms in total. The van der Waals surface area contributed by atoms with Crippen molar-refractivity contribution in [1.29, 1.82) is 0 Å². The number of benzene rings is 2. The molecule has 0 aromatic heterocycles. The molecule has 0 amide bonds. The van der Waals surface area contributed by atoms with Crippen molar-refractivity contribution in [3.8, 4) is 0 Å². The highest BCUT2D eigenvalue weighted by Gasteiger charge is 2.11. The summed E-state index contributed by atoms with van der Waals surface area (Å²) in [6, 6.07) is 14.7. The number of halogens is 3. The van der Waals surface area contributed by atoms with Gasteiger partial charge in [0.15, 0.2) is 0 Å². The van der Waals surface area contributed by atoms with E-state index in [4.69, 9.17) is 11.6 Å². The zero-order chi connectivity index (χ0) is 13.8. The van der Waals surface area contributed by atoms with Crippen LogP contribution in [-0.4, -0.2) is 7.05 Å². The molecule has 1 atom stereocenters. The van der Waals surface area contributed by atoms with Gasteiger partial charge in [-0.15, -0.1) is 0 Å². The van der Waals surface area contributed by atoms with E-state index in [0.717, 1.165) is 20.4 Å². The van der Waals surface area contributed by atoms with Crippen LogP contribution in [0.3, 0.4) is 0 Å². The number of rotatable bonds is 4. The first kappa shape index (κ1) is 15.0. The number of likely N-dealkylation sites (N-methyl/N-ethyl adjacent to an activating group) is 1. The van der Waals surface area contributed by atoms with Crippen molar-refractivity contribution in [3.05, 3.63) is 67.6 Å². The number of hydrogen-bond acceptors (Lipinski definition) is 1. The maximum atomic E-state index is 6.16. The van der Waals surface area contributed by atoms with Crippen molar-refractivity contribution in [2.75, 3.05) is 7.05 Å².